The zero-order valence-electron chi connectivity index (χ0n) is 67.4. The average Bonchev–Trinajstić information content (AvgIpc) is 0.962. The van der Waals surface area contributed by atoms with Gasteiger partial charge in [0, 0.05) is 315 Å². The van der Waals surface area contributed by atoms with Crippen LogP contribution in [-0.2, 0) is 371 Å². The molecule has 0 amide bonds. The molecule has 8 radical (unpaired) electrons. The zero-order chi connectivity index (χ0) is 61.7. The standard InChI is InChI=1S/C62H126O23.7CH4.8CH3.8Y/c1-9-17-63-25-27-71-29-31-73-45-57(80-39-33-65-19-11-3)47-75-49-59(82-41-35-67-21-13-5)51-77-53-61(84-43-37-69-23-15-7)55-79-56-62(85-44-38-70-24-16-8)54-78-52-60(83-42-36-68-22-14-6)50-76-48-58(81-40-34-66-20-12-4)46-74-32-30-72-28-26-64-18-10-2;;;;;;;;;;;;;;;;;;;;;;;/h57-62H,9-56H2,1-8H3;7*1H4;8*1H3;;;;;;;;/q;;;;;;;;8*-1;;;;;;;;. The van der Waals surface area contributed by atoms with E-state index < -0.39 is 24.4 Å². The Balaban J connectivity index is -0.000000139. The summed E-state index contributed by atoms with van der Waals surface area (Å²) in [6.07, 6.45) is 5.17. The number of hydrogen-bond donors (Lipinski definition) is 0. The molecule has 0 aromatic rings. The van der Waals surface area contributed by atoms with Crippen molar-refractivity contribution in [3.63, 3.8) is 0 Å². The van der Waals surface area contributed by atoms with Gasteiger partial charge >= 0.3 is 0 Å². The Morgan fingerprint density at radius 3 is 0.343 bits per heavy atom. The van der Waals surface area contributed by atoms with E-state index in [1.807, 2.05) is 0 Å². The summed E-state index contributed by atoms with van der Waals surface area (Å²) in [4.78, 5) is 0. The minimum absolute atomic E-state index is 0. The fourth-order valence-corrected chi connectivity index (χ4v) is 7.24. The minimum atomic E-state index is -0.428. The summed E-state index contributed by atoms with van der Waals surface area (Å²) < 4.78 is 137. The van der Waals surface area contributed by atoms with E-state index in [1.165, 1.54) is 0 Å². The van der Waals surface area contributed by atoms with Gasteiger partial charge in [0.15, 0.2) is 0 Å². The molecule has 0 spiro atoms. The molecular formula is C77H178O23Y8-8. The normalized spacial score (nSPS) is 11.1. The van der Waals surface area contributed by atoms with Gasteiger partial charge < -0.3 is 168 Å². The van der Waals surface area contributed by atoms with Crippen LogP contribution in [-0.4, -0.2) is 301 Å². The molecule has 31 heteroatoms. The van der Waals surface area contributed by atoms with Crippen molar-refractivity contribution in [3.8, 4) is 0 Å². The van der Waals surface area contributed by atoms with Gasteiger partial charge in [0.2, 0.25) is 0 Å². The van der Waals surface area contributed by atoms with Crippen LogP contribution in [0.1, 0.15) is 159 Å². The molecular weight excluding hydrogens is 2000 g/mol. The zero-order valence-corrected chi connectivity index (χ0v) is 90.1. The molecule has 6 atom stereocenters. The molecule has 0 bridgehead atoms. The molecule has 0 saturated heterocycles. The first-order valence-electron chi connectivity index (χ1n) is 32.5. The second-order valence-corrected chi connectivity index (χ2v) is 19.9. The van der Waals surface area contributed by atoms with Crippen molar-refractivity contribution < 1.29 is 371 Å². The molecule has 0 heterocycles. The number of hydrogen-bond acceptors (Lipinski definition) is 23. The van der Waals surface area contributed by atoms with E-state index in [-0.39, 0.29) is 451 Å². The van der Waals surface area contributed by atoms with Crippen LogP contribution in [0.5, 0.6) is 0 Å². The van der Waals surface area contributed by atoms with E-state index in [0.29, 0.717) is 185 Å². The Hall–Kier alpha value is 7.91. The summed E-state index contributed by atoms with van der Waals surface area (Å²) >= 11 is 0. The van der Waals surface area contributed by atoms with Crippen LogP contribution in [0.25, 0.3) is 0 Å². The Morgan fingerprint density at radius 1 is 0.130 bits per heavy atom. The average molecular weight is 2180 g/mol. The first kappa shape index (κ1) is 181. The molecule has 0 aliphatic heterocycles. The fourth-order valence-electron chi connectivity index (χ4n) is 7.24. The van der Waals surface area contributed by atoms with Gasteiger partial charge in [-0.05, 0) is 51.4 Å². The van der Waals surface area contributed by atoms with Gasteiger partial charge in [0.05, 0.1) is 211 Å². The van der Waals surface area contributed by atoms with Gasteiger partial charge in [0.1, 0.15) is 36.6 Å². The van der Waals surface area contributed by atoms with Gasteiger partial charge in [-0.1, -0.05) is 107 Å². The van der Waals surface area contributed by atoms with Crippen LogP contribution in [0.3, 0.4) is 0 Å². The molecule has 6 unspecified atom stereocenters. The number of rotatable bonds is 76. The van der Waals surface area contributed by atoms with Gasteiger partial charge in [-0.3, -0.25) is 0 Å². The third-order valence-electron chi connectivity index (χ3n) is 11.4. The molecule has 0 aliphatic rings. The van der Waals surface area contributed by atoms with Crippen LogP contribution >= 0.6 is 0 Å². The van der Waals surface area contributed by atoms with Crippen LogP contribution in [0, 0.1) is 59.4 Å². The maximum absolute atomic E-state index is 6.34. The maximum Gasteiger partial charge on any atom is 0.104 e. The predicted molar refractivity (Wildman–Crippen MR) is 423 cm³/mol. The summed E-state index contributed by atoms with van der Waals surface area (Å²) in [5.41, 5.74) is 0. The second-order valence-electron chi connectivity index (χ2n) is 19.9. The third kappa shape index (κ3) is 140. The summed E-state index contributed by atoms with van der Waals surface area (Å²) in [5.74, 6) is 0. The number of ether oxygens (including phenoxy) is 23. The molecule has 0 aliphatic carbocycles. The SMILES string of the molecule is C.C.C.C.C.C.C.CCCOCCOCCOCC(COCC(COCC(COCC(COCC(COCC(COCCOCCOCCC)OCCOCCC)OCCOCCC)OCCOCCC)OCCOCCC)OCCOCCC)OCCOCCC.[CH3-].[CH3-].[CH3-].[CH3-].[CH3-].[CH3-].[CH3-].[CH3-].[Y].[Y].[Y].[Y].[Y].[Y].[Y].[Y]. The summed E-state index contributed by atoms with van der Waals surface area (Å²) in [6, 6.07) is 0. The van der Waals surface area contributed by atoms with Crippen LogP contribution in [0.4, 0.5) is 0 Å². The molecule has 656 valence electrons. The Labute approximate surface area is 876 Å². The van der Waals surface area contributed by atoms with E-state index in [1.54, 1.807) is 0 Å². The van der Waals surface area contributed by atoms with Crippen molar-refractivity contribution in [2.24, 2.45) is 0 Å². The monoisotopic (exact) mass is 2180 g/mol. The van der Waals surface area contributed by atoms with Crippen molar-refractivity contribution in [2.75, 3.05) is 264 Å². The fraction of sp³-hybridized carbons (Fsp3) is 0.896. The molecule has 23 nitrogen and oxygen atoms in total. The topological polar surface area (TPSA) is 212 Å². The summed E-state index contributed by atoms with van der Waals surface area (Å²) in [6.45, 7) is 34.1. The van der Waals surface area contributed by atoms with Crippen molar-refractivity contribution in [1.82, 2.24) is 0 Å². The molecule has 0 aromatic heterocycles. The van der Waals surface area contributed by atoms with Crippen molar-refractivity contribution in [3.05, 3.63) is 59.4 Å². The Kier molecular flexibility index (Phi) is 266. The van der Waals surface area contributed by atoms with Gasteiger partial charge in [-0.2, -0.15) is 0 Å². The summed E-state index contributed by atoms with van der Waals surface area (Å²) in [5, 5.41) is 0. The first-order chi connectivity index (χ1) is 42.0. The predicted octanol–water partition coefficient (Wildman–Crippen LogP) is 14.9. The molecule has 0 N–H and O–H groups in total. The van der Waals surface area contributed by atoms with E-state index in [0.717, 1.165) is 64.6 Å². The Bertz CT molecular complexity index is 1180. The van der Waals surface area contributed by atoms with Crippen molar-refractivity contribution in [2.45, 2.75) is 195 Å². The minimum Gasteiger partial charge on any atom is -0.379 e. The second kappa shape index (κ2) is 159. The van der Waals surface area contributed by atoms with Gasteiger partial charge in [-0.25, -0.2) is 0 Å². The van der Waals surface area contributed by atoms with E-state index >= 15 is 0 Å². The largest absolute Gasteiger partial charge is 0.379 e. The smallest absolute Gasteiger partial charge is 0.104 e. The molecule has 0 rings (SSSR count). The molecule has 0 saturated carbocycles. The van der Waals surface area contributed by atoms with Gasteiger partial charge in [-0.15, -0.1) is 0 Å². The van der Waals surface area contributed by atoms with E-state index in [9.17, 15) is 0 Å². The van der Waals surface area contributed by atoms with Crippen LogP contribution in [0.15, 0.2) is 0 Å². The molecule has 0 fully saturated rings. The van der Waals surface area contributed by atoms with E-state index in [2.05, 4.69) is 55.4 Å². The molecule has 0 aromatic carbocycles. The van der Waals surface area contributed by atoms with Crippen LogP contribution < -0.4 is 0 Å². The van der Waals surface area contributed by atoms with E-state index in [4.69, 9.17) is 109 Å². The maximum atomic E-state index is 6.34. The van der Waals surface area contributed by atoms with Crippen LogP contribution in [0.2, 0.25) is 0 Å². The van der Waals surface area contributed by atoms with Crippen molar-refractivity contribution >= 4 is 0 Å². The Morgan fingerprint density at radius 2 is 0.222 bits per heavy atom. The van der Waals surface area contributed by atoms with Crippen molar-refractivity contribution in [1.29, 1.82) is 0 Å². The quantitative estimate of drug-likeness (QED) is 0.0409. The third-order valence-corrected chi connectivity index (χ3v) is 11.4. The first-order valence-corrected chi connectivity index (χ1v) is 32.5. The summed E-state index contributed by atoms with van der Waals surface area (Å²) in [7, 11) is 0. The van der Waals surface area contributed by atoms with Gasteiger partial charge in [0.25, 0.3) is 0 Å². The molecule has 108 heavy (non-hydrogen) atoms.